The lowest BCUT2D eigenvalue weighted by molar-refractivity contribution is -0.123. The molecule has 2 aliphatic heterocycles. The largest absolute Gasteiger partial charge is 0.483 e. The average molecular weight is 616 g/mol. The predicted molar refractivity (Wildman–Crippen MR) is 164 cm³/mol. The van der Waals surface area contributed by atoms with Gasteiger partial charge in [-0.05, 0) is 43.2 Å². The number of aromatic nitrogens is 6. The first-order valence-electron chi connectivity index (χ1n) is 14.7. The van der Waals surface area contributed by atoms with E-state index in [9.17, 15) is 14.4 Å². The van der Waals surface area contributed by atoms with Crippen molar-refractivity contribution in [3.63, 3.8) is 0 Å². The number of aryl methyl sites for hydroxylation is 2. The summed E-state index contributed by atoms with van der Waals surface area (Å²) in [7, 11) is 1.63. The van der Waals surface area contributed by atoms with E-state index in [1.54, 1.807) is 25.5 Å². The van der Waals surface area contributed by atoms with Gasteiger partial charge in [0, 0.05) is 70.7 Å². The maximum absolute atomic E-state index is 13.1. The summed E-state index contributed by atoms with van der Waals surface area (Å²) < 4.78 is 5.23. The first kappa shape index (κ1) is 31.3. The molecule has 2 N–H and O–H groups in total. The van der Waals surface area contributed by atoms with Crippen molar-refractivity contribution in [1.29, 1.82) is 0 Å². The van der Waals surface area contributed by atoms with Crippen LogP contribution in [0.5, 0.6) is 0 Å². The van der Waals surface area contributed by atoms with Gasteiger partial charge in [0.1, 0.15) is 11.3 Å². The van der Waals surface area contributed by atoms with E-state index in [1.165, 1.54) is 26.7 Å². The van der Waals surface area contributed by atoms with Gasteiger partial charge < -0.3 is 19.9 Å². The Labute approximate surface area is 259 Å². The first-order chi connectivity index (χ1) is 21.7. The number of carboxylic acid groups (broad SMARTS) is 1. The van der Waals surface area contributed by atoms with Crippen LogP contribution >= 0.6 is 0 Å². The topological polar surface area (TPSA) is 160 Å². The minimum atomic E-state index is -0.383. The molecule has 45 heavy (non-hydrogen) atoms. The number of carbonyl (C=O) groups is 3. The molecule has 0 saturated carbocycles. The number of likely N-dealkylation sites (N-methyl/N-ethyl adjacent to an activating group) is 1. The van der Waals surface area contributed by atoms with Crippen LogP contribution in [-0.2, 0) is 22.7 Å². The molecule has 14 nitrogen and oxygen atoms in total. The summed E-state index contributed by atoms with van der Waals surface area (Å²) in [6, 6.07) is 9.44. The highest BCUT2D eigenvalue weighted by atomic mass is 16.3. The van der Waals surface area contributed by atoms with E-state index >= 15 is 0 Å². The molecule has 14 heteroatoms. The number of benzene rings is 1. The summed E-state index contributed by atoms with van der Waals surface area (Å²) >= 11 is 0. The van der Waals surface area contributed by atoms with Crippen molar-refractivity contribution in [3.05, 3.63) is 93.4 Å². The van der Waals surface area contributed by atoms with Gasteiger partial charge in [-0.15, -0.1) is 5.10 Å². The molecule has 6 rings (SSSR count). The quantitative estimate of drug-likeness (QED) is 0.323. The third kappa shape index (κ3) is 7.01. The molecular weight excluding hydrogens is 578 g/mol. The van der Waals surface area contributed by atoms with Crippen LogP contribution in [0.1, 0.15) is 45.2 Å². The number of amides is 2. The van der Waals surface area contributed by atoms with E-state index in [4.69, 9.17) is 9.90 Å². The number of hydrogen-bond donors (Lipinski definition) is 2. The summed E-state index contributed by atoms with van der Waals surface area (Å²) in [5.74, 6) is -0.463. The molecule has 1 saturated heterocycles. The summed E-state index contributed by atoms with van der Waals surface area (Å²) in [5.41, 5.74) is 4.89. The van der Waals surface area contributed by atoms with E-state index in [2.05, 4.69) is 51.6 Å². The lowest BCUT2D eigenvalue weighted by Gasteiger charge is -2.20. The molecule has 3 aromatic heterocycles. The van der Waals surface area contributed by atoms with Crippen LogP contribution in [0.15, 0.2) is 59.9 Å². The number of nitrogens with zero attached hydrogens (tertiary/aromatic N) is 8. The lowest BCUT2D eigenvalue weighted by Crippen LogP contribution is -2.39. The molecule has 0 unspecified atom stereocenters. The van der Waals surface area contributed by atoms with Crippen molar-refractivity contribution in [1.82, 2.24) is 44.5 Å². The predicted octanol–water partition coefficient (Wildman–Crippen LogP) is 1.26. The Balaban J connectivity index is 0.00000128. The zero-order valence-corrected chi connectivity index (χ0v) is 25.5. The molecule has 0 spiro atoms. The summed E-state index contributed by atoms with van der Waals surface area (Å²) in [6.45, 7) is 6.84. The van der Waals surface area contributed by atoms with Gasteiger partial charge in [0.15, 0.2) is 0 Å². The zero-order valence-electron chi connectivity index (χ0n) is 25.5. The highest BCUT2D eigenvalue weighted by molar-refractivity contribution is 5.93. The molecule has 0 aliphatic carbocycles. The smallest absolute Gasteiger partial charge is 0.290 e. The van der Waals surface area contributed by atoms with Crippen molar-refractivity contribution >= 4 is 18.3 Å². The number of rotatable bonds is 3. The van der Waals surface area contributed by atoms with E-state index in [-0.39, 0.29) is 47.9 Å². The van der Waals surface area contributed by atoms with E-state index in [1.807, 2.05) is 27.8 Å². The molecule has 236 valence electrons. The maximum atomic E-state index is 13.1. The van der Waals surface area contributed by atoms with Gasteiger partial charge in [0.2, 0.25) is 5.91 Å². The average Bonchev–Trinajstić information content (AvgIpc) is 3.76. The van der Waals surface area contributed by atoms with Crippen molar-refractivity contribution in [3.8, 4) is 5.69 Å². The number of fused-ring (bicyclic) bond motifs is 6. The third-order valence-electron chi connectivity index (χ3n) is 8.18. The van der Waals surface area contributed by atoms with Crippen molar-refractivity contribution in [2.75, 3.05) is 33.2 Å². The number of nitrogens with one attached hydrogen (secondary N) is 1. The van der Waals surface area contributed by atoms with E-state index in [0.717, 1.165) is 11.3 Å². The van der Waals surface area contributed by atoms with Crippen LogP contribution in [0.3, 0.4) is 0 Å². The Hall–Kier alpha value is -5.11. The number of pyridine rings is 1. The second-order valence-corrected chi connectivity index (χ2v) is 11.5. The Morgan fingerprint density at radius 2 is 1.91 bits per heavy atom. The summed E-state index contributed by atoms with van der Waals surface area (Å²) in [5, 5.41) is 23.2. The first-order valence-corrected chi connectivity index (χ1v) is 14.7. The van der Waals surface area contributed by atoms with Crippen molar-refractivity contribution in [2.45, 2.75) is 39.4 Å². The van der Waals surface area contributed by atoms with Gasteiger partial charge in [0.25, 0.3) is 17.9 Å². The Bertz CT molecular complexity index is 1730. The van der Waals surface area contributed by atoms with Gasteiger partial charge in [-0.2, -0.15) is 5.10 Å². The number of hydrogen-bond acceptors (Lipinski definition) is 8. The van der Waals surface area contributed by atoms with Gasteiger partial charge in [-0.3, -0.25) is 24.1 Å². The van der Waals surface area contributed by atoms with Gasteiger partial charge in [-0.25, -0.2) is 9.36 Å². The Morgan fingerprint density at radius 3 is 2.67 bits per heavy atom. The number of likely N-dealkylation sites (tertiary alicyclic amines) is 1. The zero-order chi connectivity index (χ0) is 32.1. The molecule has 2 atom stereocenters. The van der Waals surface area contributed by atoms with E-state index < -0.39 is 0 Å². The van der Waals surface area contributed by atoms with Gasteiger partial charge in [0.05, 0.1) is 24.5 Å². The maximum Gasteiger partial charge on any atom is 0.290 e. The Morgan fingerprint density at radius 1 is 1.11 bits per heavy atom. The van der Waals surface area contributed by atoms with Crippen molar-refractivity contribution < 1.29 is 19.5 Å². The van der Waals surface area contributed by atoms with Gasteiger partial charge >= 0.3 is 0 Å². The van der Waals surface area contributed by atoms with Crippen LogP contribution in [0.4, 0.5) is 0 Å². The van der Waals surface area contributed by atoms with Crippen LogP contribution in [-0.4, -0.2) is 95.8 Å². The highest BCUT2D eigenvalue weighted by Crippen LogP contribution is 2.33. The molecule has 1 fully saturated rings. The standard InChI is InChI=1S/C30H35N9O3.CH2O2/c1-20-12-21(2)28(38-10-5-7-32-38)23(13-20)16-36-15-22-14-27(40)31-8-11-35(3)29(41)25-6-4-9-37(30(25)42)17-24-18-39(34-33-24)26(22)19-36;2-1-3/h4-7,9-10,12-13,18,22,26H,8,11,14-17,19H2,1-3H3,(H,31,40);1H,(H,2,3)/t22-,26+;/m0./s1. The molecule has 5 heterocycles. The fourth-order valence-corrected chi connectivity index (χ4v) is 6.24. The highest BCUT2D eigenvalue weighted by Gasteiger charge is 2.36. The van der Waals surface area contributed by atoms with Crippen LogP contribution < -0.4 is 10.9 Å². The van der Waals surface area contributed by atoms with Crippen molar-refractivity contribution in [2.24, 2.45) is 5.92 Å². The van der Waals surface area contributed by atoms with Crippen LogP contribution in [0.25, 0.3) is 5.69 Å². The Kier molecular flexibility index (Phi) is 9.52. The second-order valence-electron chi connectivity index (χ2n) is 11.5. The minimum absolute atomic E-state index is 0.00285. The van der Waals surface area contributed by atoms with E-state index in [0.29, 0.717) is 44.8 Å². The molecule has 4 bridgehead atoms. The molecule has 1 aromatic carbocycles. The normalized spacial score (nSPS) is 19.0. The third-order valence-corrected chi connectivity index (χ3v) is 8.18. The molecule has 0 radical (unpaired) electrons. The minimum Gasteiger partial charge on any atom is -0.483 e. The molecule has 4 aromatic rings. The van der Waals surface area contributed by atoms with Crippen LogP contribution in [0, 0.1) is 19.8 Å². The summed E-state index contributed by atoms with van der Waals surface area (Å²) in [4.78, 5) is 51.4. The molecular formula is C31H37N9O5. The number of carbonyl (C=O) groups excluding carboxylic acids is 2. The SMILES string of the molecule is Cc1cc(C)c(-n2cccn2)c(CN2C[C@@H]3CC(=O)NCCN(C)C(=O)c4cccn(c4=O)Cc4cn(nn4)[C@@H]3C2)c1.O=CO. The van der Waals surface area contributed by atoms with Gasteiger partial charge in [-0.1, -0.05) is 22.9 Å². The fourth-order valence-electron chi connectivity index (χ4n) is 6.24. The second kappa shape index (κ2) is 13.7. The summed E-state index contributed by atoms with van der Waals surface area (Å²) in [6.07, 6.45) is 7.57. The fraction of sp³-hybridized carbons (Fsp3) is 0.387. The molecule has 2 amide bonds. The molecule has 2 aliphatic rings. The lowest BCUT2D eigenvalue weighted by atomic mass is 9.99. The monoisotopic (exact) mass is 615 g/mol. The van der Waals surface area contributed by atoms with Crippen LogP contribution in [0.2, 0.25) is 0 Å².